The van der Waals surface area contributed by atoms with E-state index >= 15 is 0 Å². The van der Waals surface area contributed by atoms with Crippen LogP contribution < -0.4 is 4.74 Å². The molecule has 1 amide bonds. The zero-order chi connectivity index (χ0) is 22.1. The van der Waals surface area contributed by atoms with Crippen LogP contribution in [0.1, 0.15) is 27.2 Å². The van der Waals surface area contributed by atoms with E-state index in [9.17, 15) is 4.79 Å². The minimum Gasteiger partial charge on any atom is -0.497 e. The largest absolute Gasteiger partial charge is 0.497 e. The van der Waals surface area contributed by atoms with Gasteiger partial charge >= 0.3 is 0 Å². The van der Waals surface area contributed by atoms with Gasteiger partial charge in [-0.25, -0.2) is 0 Å². The molecule has 0 radical (unpaired) electrons. The predicted molar refractivity (Wildman–Crippen MR) is 127 cm³/mol. The maximum Gasteiger partial charge on any atom is 0.256 e. The van der Waals surface area contributed by atoms with E-state index < -0.39 is 0 Å². The SMILES string of the molecule is COc1ccc(-c2cc(C(=O)N3CCc4ccccc4C3)c(C)n2-c2ccccc2)cc1. The van der Waals surface area contributed by atoms with Crippen LogP contribution in [0.4, 0.5) is 0 Å². The molecule has 1 aliphatic heterocycles. The number of ether oxygens (including phenoxy) is 1. The van der Waals surface area contributed by atoms with Crippen molar-refractivity contribution in [2.45, 2.75) is 19.9 Å². The van der Waals surface area contributed by atoms with Crippen molar-refractivity contribution in [1.82, 2.24) is 9.47 Å². The molecule has 0 saturated heterocycles. The topological polar surface area (TPSA) is 34.5 Å². The second-order valence-electron chi connectivity index (χ2n) is 8.17. The minimum absolute atomic E-state index is 0.0847. The predicted octanol–water partition coefficient (Wildman–Crippen LogP) is 5.66. The van der Waals surface area contributed by atoms with Crippen molar-refractivity contribution in [2.75, 3.05) is 13.7 Å². The zero-order valence-electron chi connectivity index (χ0n) is 18.4. The van der Waals surface area contributed by atoms with E-state index in [0.29, 0.717) is 6.54 Å². The summed E-state index contributed by atoms with van der Waals surface area (Å²) in [6.07, 6.45) is 0.895. The molecule has 1 aromatic heterocycles. The Morgan fingerprint density at radius 1 is 0.875 bits per heavy atom. The van der Waals surface area contributed by atoms with E-state index in [1.165, 1.54) is 11.1 Å². The molecule has 0 N–H and O–H groups in total. The zero-order valence-corrected chi connectivity index (χ0v) is 18.4. The third-order valence-corrected chi connectivity index (χ3v) is 6.30. The Morgan fingerprint density at radius 3 is 2.28 bits per heavy atom. The van der Waals surface area contributed by atoms with Crippen LogP contribution in [0.25, 0.3) is 16.9 Å². The number of aromatic nitrogens is 1. The van der Waals surface area contributed by atoms with Gasteiger partial charge in [0.25, 0.3) is 5.91 Å². The number of benzene rings is 3. The molecule has 2 heterocycles. The molecule has 4 nitrogen and oxygen atoms in total. The average Bonchev–Trinajstić information content (AvgIpc) is 3.20. The number of amides is 1. The lowest BCUT2D eigenvalue weighted by atomic mass is 9.99. The van der Waals surface area contributed by atoms with Crippen molar-refractivity contribution in [3.8, 4) is 22.7 Å². The third kappa shape index (κ3) is 3.58. The average molecular weight is 423 g/mol. The summed E-state index contributed by atoms with van der Waals surface area (Å²) in [6, 6.07) is 28.6. The van der Waals surface area contributed by atoms with E-state index in [-0.39, 0.29) is 5.91 Å². The fraction of sp³-hybridized carbons (Fsp3) is 0.179. The number of fused-ring (bicyclic) bond motifs is 1. The van der Waals surface area contributed by atoms with Gasteiger partial charge in [-0.2, -0.15) is 0 Å². The van der Waals surface area contributed by atoms with Crippen LogP contribution in [-0.2, 0) is 13.0 Å². The molecule has 0 bridgehead atoms. The molecular weight excluding hydrogens is 396 g/mol. The first-order valence-corrected chi connectivity index (χ1v) is 10.9. The fourth-order valence-corrected chi connectivity index (χ4v) is 4.55. The van der Waals surface area contributed by atoms with E-state index in [2.05, 4.69) is 34.9 Å². The van der Waals surface area contributed by atoms with Gasteiger partial charge in [0.15, 0.2) is 0 Å². The number of para-hydroxylation sites is 1. The van der Waals surface area contributed by atoms with E-state index in [0.717, 1.165) is 46.9 Å². The van der Waals surface area contributed by atoms with Crippen molar-refractivity contribution in [1.29, 1.82) is 0 Å². The molecule has 0 spiro atoms. The summed E-state index contributed by atoms with van der Waals surface area (Å²) in [4.78, 5) is 15.6. The normalized spacial score (nSPS) is 13.0. The summed E-state index contributed by atoms with van der Waals surface area (Å²) in [6.45, 7) is 3.43. The summed E-state index contributed by atoms with van der Waals surface area (Å²) in [5, 5.41) is 0. The highest BCUT2D eigenvalue weighted by Gasteiger charge is 2.26. The third-order valence-electron chi connectivity index (χ3n) is 6.30. The number of nitrogens with zero attached hydrogens (tertiary/aromatic N) is 2. The van der Waals surface area contributed by atoms with Crippen LogP contribution in [-0.4, -0.2) is 29.0 Å². The van der Waals surface area contributed by atoms with Crippen molar-refractivity contribution >= 4 is 5.91 Å². The van der Waals surface area contributed by atoms with E-state index in [1.807, 2.05) is 66.4 Å². The van der Waals surface area contributed by atoms with Crippen LogP contribution >= 0.6 is 0 Å². The summed E-state index contributed by atoms with van der Waals surface area (Å²) in [5.74, 6) is 0.896. The number of hydrogen-bond acceptors (Lipinski definition) is 2. The lowest BCUT2D eigenvalue weighted by Gasteiger charge is -2.29. The molecule has 3 aromatic carbocycles. The smallest absolute Gasteiger partial charge is 0.256 e. The molecule has 4 aromatic rings. The van der Waals surface area contributed by atoms with Crippen LogP contribution in [0.15, 0.2) is 84.9 Å². The Morgan fingerprint density at radius 2 is 1.56 bits per heavy atom. The highest BCUT2D eigenvalue weighted by molar-refractivity contribution is 5.97. The second kappa shape index (κ2) is 8.39. The Bertz CT molecular complexity index is 1260. The van der Waals surface area contributed by atoms with Gasteiger partial charge in [-0.1, -0.05) is 42.5 Å². The van der Waals surface area contributed by atoms with Crippen molar-refractivity contribution in [2.24, 2.45) is 0 Å². The summed E-state index contributed by atoms with van der Waals surface area (Å²) in [7, 11) is 1.67. The van der Waals surface area contributed by atoms with E-state index in [4.69, 9.17) is 4.74 Å². The summed E-state index contributed by atoms with van der Waals surface area (Å²) in [5.41, 5.74) is 7.36. The van der Waals surface area contributed by atoms with Gasteiger partial charge < -0.3 is 14.2 Å². The number of methoxy groups -OCH3 is 1. The second-order valence-corrected chi connectivity index (χ2v) is 8.17. The first-order valence-electron chi connectivity index (χ1n) is 10.9. The molecule has 32 heavy (non-hydrogen) atoms. The molecule has 0 unspecified atom stereocenters. The first kappa shape index (κ1) is 20.1. The van der Waals surface area contributed by atoms with Crippen molar-refractivity contribution in [3.63, 3.8) is 0 Å². The van der Waals surface area contributed by atoms with Gasteiger partial charge in [0.05, 0.1) is 18.4 Å². The van der Waals surface area contributed by atoms with Gasteiger partial charge in [0.1, 0.15) is 5.75 Å². The Labute approximate surface area is 188 Å². The standard InChI is InChI=1S/C28H26N2O2/c1-20-26(28(31)29-17-16-21-8-6-7-9-23(21)19-29)18-27(22-12-14-25(32-2)15-13-22)30(20)24-10-4-3-5-11-24/h3-15,18H,16-17,19H2,1-2H3. The lowest BCUT2D eigenvalue weighted by Crippen LogP contribution is -2.36. The highest BCUT2D eigenvalue weighted by atomic mass is 16.5. The van der Waals surface area contributed by atoms with Gasteiger partial charge in [-0.3, -0.25) is 4.79 Å². The molecule has 0 aliphatic carbocycles. The molecule has 4 heteroatoms. The van der Waals surface area contributed by atoms with Crippen molar-refractivity contribution < 1.29 is 9.53 Å². The molecular formula is C28H26N2O2. The number of carbonyl (C=O) groups is 1. The number of carbonyl (C=O) groups excluding carboxylic acids is 1. The molecule has 0 fully saturated rings. The molecule has 1 aliphatic rings. The van der Waals surface area contributed by atoms with Crippen LogP contribution in [0, 0.1) is 6.92 Å². The first-order chi connectivity index (χ1) is 15.7. The molecule has 5 rings (SSSR count). The number of rotatable bonds is 4. The lowest BCUT2D eigenvalue weighted by molar-refractivity contribution is 0.0734. The summed E-state index contributed by atoms with van der Waals surface area (Å²) >= 11 is 0. The van der Waals surface area contributed by atoms with E-state index in [1.54, 1.807) is 7.11 Å². The van der Waals surface area contributed by atoms with Gasteiger partial charge in [0.2, 0.25) is 0 Å². The fourth-order valence-electron chi connectivity index (χ4n) is 4.55. The summed E-state index contributed by atoms with van der Waals surface area (Å²) < 4.78 is 7.50. The number of hydrogen-bond donors (Lipinski definition) is 0. The Kier molecular flexibility index (Phi) is 5.28. The van der Waals surface area contributed by atoms with Gasteiger partial charge in [-0.15, -0.1) is 0 Å². The quantitative estimate of drug-likeness (QED) is 0.425. The van der Waals surface area contributed by atoms with Crippen LogP contribution in [0.2, 0.25) is 0 Å². The minimum atomic E-state index is 0.0847. The maximum absolute atomic E-state index is 13.7. The Balaban J connectivity index is 1.57. The van der Waals surface area contributed by atoms with Crippen LogP contribution in [0.5, 0.6) is 5.75 Å². The molecule has 0 saturated carbocycles. The molecule has 160 valence electrons. The monoisotopic (exact) mass is 422 g/mol. The van der Waals surface area contributed by atoms with Gasteiger partial charge in [-0.05, 0) is 72.5 Å². The highest BCUT2D eigenvalue weighted by Crippen LogP contribution is 2.32. The molecule has 0 atom stereocenters. The van der Waals surface area contributed by atoms with Gasteiger partial charge in [0, 0.05) is 24.5 Å². The van der Waals surface area contributed by atoms with Crippen molar-refractivity contribution in [3.05, 3.63) is 107 Å². The van der Waals surface area contributed by atoms with Crippen LogP contribution in [0.3, 0.4) is 0 Å². The maximum atomic E-state index is 13.7. The Hall–Kier alpha value is -3.79.